The lowest BCUT2D eigenvalue weighted by atomic mass is 10.1. The molecule has 0 radical (unpaired) electrons. The quantitative estimate of drug-likeness (QED) is 0.0200. The summed E-state index contributed by atoms with van der Waals surface area (Å²) in [5.41, 5.74) is 0. The van der Waals surface area contributed by atoms with Crippen molar-refractivity contribution in [3.63, 3.8) is 0 Å². The number of esters is 3. The Labute approximate surface area is 381 Å². The number of carbonyl (C=O) groups excluding carboxylic acids is 3. The van der Waals surface area contributed by atoms with E-state index in [2.05, 4.69) is 57.2 Å². The molecule has 0 saturated heterocycles. The highest BCUT2D eigenvalue weighted by Gasteiger charge is 2.19. The van der Waals surface area contributed by atoms with Crippen molar-refractivity contribution >= 4 is 17.9 Å². The largest absolute Gasteiger partial charge is 0.462 e. The molecule has 6 nitrogen and oxygen atoms in total. The van der Waals surface area contributed by atoms with Crippen LogP contribution in [0.25, 0.3) is 0 Å². The van der Waals surface area contributed by atoms with Crippen LogP contribution in [0.2, 0.25) is 0 Å². The molecule has 0 rings (SSSR count). The van der Waals surface area contributed by atoms with Gasteiger partial charge in [0.1, 0.15) is 13.2 Å². The van der Waals surface area contributed by atoms with Crippen molar-refractivity contribution in [1.29, 1.82) is 0 Å². The normalized spacial score (nSPS) is 12.9. The Morgan fingerprint density at radius 1 is 0.355 bits per heavy atom. The summed E-state index contributed by atoms with van der Waals surface area (Å²) in [6.07, 6.45) is 65.6. The van der Waals surface area contributed by atoms with E-state index in [0.717, 1.165) is 57.8 Å². The average molecular weight is 861 g/mol. The standard InChI is InChI=1S/C56H92O6/c1-4-7-10-13-16-19-22-25-26-27-28-29-32-34-37-40-43-46-49-55(58)61-52-53(62-56(59)50-47-44-41-38-35-31-24-21-18-15-12-9-6-3)51-60-54(57)48-45-42-39-36-33-30-23-20-17-14-11-8-5-2/h9,12,15,18,21,24,28-31,33,35,38-39,41-42,53H,4-8,10-11,13-14,16-17,19-20,22-23,25-27,32,34,36-37,40,43-52H2,1-3H3/b12-9-,18-15-,24-21-,29-28-,33-30-,35-31-,41-38-,42-39-. The van der Waals surface area contributed by atoms with Crippen LogP contribution in [0.15, 0.2) is 97.2 Å². The van der Waals surface area contributed by atoms with Gasteiger partial charge in [0.25, 0.3) is 0 Å². The molecular formula is C56H92O6. The average Bonchev–Trinajstić information content (AvgIpc) is 3.27. The van der Waals surface area contributed by atoms with Crippen LogP contribution in [-0.2, 0) is 28.6 Å². The minimum Gasteiger partial charge on any atom is -0.462 e. The number of carbonyl (C=O) groups is 3. The van der Waals surface area contributed by atoms with Gasteiger partial charge in [0.2, 0.25) is 0 Å². The Hall–Kier alpha value is -3.67. The molecule has 352 valence electrons. The molecule has 0 N–H and O–H groups in total. The first kappa shape index (κ1) is 58.3. The summed E-state index contributed by atoms with van der Waals surface area (Å²) in [5, 5.41) is 0. The molecule has 0 amide bonds. The number of rotatable bonds is 44. The van der Waals surface area contributed by atoms with Crippen LogP contribution in [0.3, 0.4) is 0 Å². The topological polar surface area (TPSA) is 78.9 Å². The number of ether oxygens (including phenoxy) is 3. The first-order valence-corrected chi connectivity index (χ1v) is 25.3. The van der Waals surface area contributed by atoms with E-state index < -0.39 is 12.1 Å². The van der Waals surface area contributed by atoms with E-state index in [9.17, 15) is 14.4 Å². The van der Waals surface area contributed by atoms with Gasteiger partial charge in [-0.05, 0) is 77.0 Å². The summed E-state index contributed by atoms with van der Waals surface area (Å²) in [7, 11) is 0. The molecule has 1 unspecified atom stereocenters. The van der Waals surface area contributed by atoms with Gasteiger partial charge in [-0.3, -0.25) is 14.4 Å². The SMILES string of the molecule is CC\C=C/C=C\C=C/C=C\C=C/CCCC(=O)OC(COC(=O)CC/C=C\C/C=C\CCCCCCCC)COC(=O)CCCCCCC/C=C\CCCCCCCCCCC. The lowest BCUT2D eigenvalue weighted by Crippen LogP contribution is -2.30. The Bertz CT molecular complexity index is 1260. The third-order valence-electron chi connectivity index (χ3n) is 10.4. The van der Waals surface area contributed by atoms with Crippen LogP contribution in [0, 0.1) is 0 Å². The summed E-state index contributed by atoms with van der Waals surface area (Å²) in [6, 6.07) is 0. The molecule has 0 bridgehead atoms. The molecule has 0 aromatic heterocycles. The van der Waals surface area contributed by atoms with Gasteiger partial charge in [-0.25, -0.2) is 0 Å². The Balaban J connectivity index is 4.52. The zero-order valence-electron chi connectivity index (χ0n) is 40.1. The zero-order valence-corrected chi connectivity index (χ0v) is 40.1. The molecule has 0 saturated carbocycles. The predicted octanol–water partition coefficient (Wildman–Crippen LogP) is 16.6. The maximum absolute atomic E-state index is 12.7. The molecule has 62 heavy (non-hydrogen) atoms. The Morgan fingerprint density at radius 2 is 0.742 bits per heavy atom. The summed E-state index contributed by atoms with van der Waals surface area (Å²) in [5.74, 6) is -1.09. The van der Waals surface area contributed by atoms with Gasteiger partial charge in [-0.15, -0.1) is 0 Å². The summed E-state index contributed by atoms with van der Waals surface area (Å²) in [6.45, 7) is 6.35. The van der Waals surface area contributed by atoms with E-state index in [1.54, 1.807) is 0 Å². The van der Waals surface area contributed by atoms with Crippen LogP contribution >= 0.6 is 0 Å². The van der Waals surface area contributed by atoms with Gasteiger partial charge in [-0.1, -0.05) is 221 Å². The van der Waals surface area contributed by atoms with Gasteiger partial charge in [0.15, 0.2) is 6.10 Å². The maximum Gasteiger partial charge on any atom is 0.306 e. The molecule has 0 aliphatic heterocycles. The third kappa shape index (κ3) is 47.4. The Kier molecular flexibility index (Phi) is 47.0. The van der Waals surface area contributed by atoms with Crippen molar-refractivity contribution in [2.75, 3.05) is 13.2 Å². The van der Waals surface area contributed by atoms with Crippen LogP contribution < -0.4 is 0 Å². The first-order valence-electron chi connectivity index (χ1n) is 25.3. The van der Waals surface area contributed by atoms with Crippen LogP contribution in [0.1, 0.15) is 220 Å². The summed E-state index contributed by atoms with van der Waals surface area (Å²) < 4.78 is 16.6. The first-order chi connectivity index (χ1) is 30.5. The monoisotopic (exact) mass is 861 g/mol. The number of hydrogen-bond donors (Lipinski definition) is 0. The molecule has 0 heterocycles. The molecule has 6 heteroatoms. The summed E-state index contributed by atoms with van der Waals surface area (Å²) in [4.78, 5) is 37.8. The second-order valence-corrected chi connectivity index (χ2v) is 16.5. The van der Waals surface area contributed by atoms with Crippen LogP contribution in [-0.4, -0.2) is 37.2 Å². The van der Waals surface area contributed by atoms with E-state index in [0.29, 0.717) is 19.3 Å². The van der Waals surface area contributed by atoms with E-state index in [1.807, 2.05) is 60.8 Å². The van der Waals surface area contributed by atoms with Gasteiger partial charge in [0, 0.05) is 19.3 Å². The minimum atomic E-state index is -0.840. The molecule has 0 aliphatic rings. The Morgan fingerprint density at radius 3 is 1.26 bits per heavy atom. The van der Waals surface area contributed by atoms with Crippen LogP contribution in [0.4, 0.5) is 0 Å². The summed E-state index contributed by atoms with van der Waals surface area (Å²) >= 11 is 0. The molecule has 0 aliphatic carbocycles. The van der Waals surface area contributed by atoms with Crippen LogP contribution in [0.5, 0.6) is 0 Å². The smallest absolute Gasteiger partial charge is 0.306 e. The molecular weight excluding hydrogens is 769 g/mol. The highest BCUT2D eigenvalue weighted by molar-refractivity contribution is 5.71. The van der Waals surface area contributed by atoms with Gasteiger partial charge in [0.05, 0.1) is 0 Å². The number of hydrogen-bond acceptors (Lipinski definition) is 6. The molecule has 0 spiro atoms. The fourth-order valence-corrected chi connectivity index (χ4v) is 6.64. The van der Waals surface area contributed by atoms with E-state index in [4.69, 9.17) is 14.2 Å². The fraction of sp³-hybridized carbons (Fsp3) is 0.661. The number of unbranched alkanes of at least 4 members (excludes halogenated alkanes) is 21. The van der Waals surface area contributed by atoms with Gasteiger partial charge >= 0.3 is 17.9 Å². The molecule has 0 fully saturated rings. The fourth-order valence-electron chi connectivity index (χ4n) is 6.64. The lowest BCUT2D eigenvalue weighted by Gasteiger charge is -2.18. The highest BCUT2D eigenvalue weighted by atomic mass is 16.6. The lowest BCUT2D eigenvalue weighted by molar-refractivity contribution is -0.166. The number of allylic oxidation sites excluding steroid dienone is 16. The second-order valence-electron chi connectivity index (χ2n) is 16.5. The van der Waals surface area contributed by atoms with Gasteiger partial charge in [-0.2, -0.15) is 0 Å². The third-order valence-corrected chi connectivity index (χ3v) is 10.4. The van der Waals surface area contributed by atoms with Crippen molar-refractivity contribution in [3.8, 4) is 0 Å². The molecule has 1 atom stereocenters. The predicted molar refractivity (Wildman–Crippen MR) is 265 cm³/mol. The van der Waals surface area contributed by atoms with Crippen molar-refractivity contribution in [2.45, 2.75) is 226 Å². The van der Waals surface area contributed by atoms with E-state index in [1.165, 1.54) is 109 Å². The highest BCUT2D eigenvalue weighted by Crippen LogP contribution is 2.13. The van der Waals surface area contributed by atoms with Gasteiger partial charge < -0.3 is 14.2 Å². The maximum atomic E-state index is 12.7. The van der Waals surface area contributed by atoms with Crippen molar-refractivity contribution < 1.29 is 28.6 Å². The van der Waals surface area contributed by atoms with Crippen molar-refractivity contribution in [3.05, 3.63) is 97.2 Å². The molecule has 0 aromatic carbocycles. The molecule has 0 aromatic rings. The second kappa shape index (κ2) is 50.0. The van der Waals surface area contributed by atoms with E-state index >= 15 is 0 Å². The zero-order chi connectivity index (χ0) is 45.1. The minimum absolute atomic E-state index is 0.128. The van der Waals surface area contributed by atoms with Crippen molar-refractivity contribution in [2.24, 2.45) is 0 Å². The van der Waals surface area contributed by atoms with Crippen molar-refractivity contribution in [1.82, 2.24) is 0 Å². The van der Waals surface area contributed by atoms with E-state index in [-0.39, 0.29) is 38.0 Å².